The van der Waals surface area contributed by atoms with E-state index >= 15 is 0 Å². The van der Waals surface area contributed by atoms with E-state index in [-0.39, 0.29) is 0 Å². The van der Waals surface area contributed by atoms with Crippen molar-refractivity contribution in [3.63, 3.8) is 0 Å². The van der Waals surface area contributed by atoms with Crippen LogP contribution in [0.25, 0.3) is 10.9 Å². The van der Waals surface area contributed by atoms with Crippen LogP contribution >= 0.6 is 0 Å². The Hall–Kier alpha value is -1.90. The second kappa shape index (κ2) is 4.83. The van der Waals surface area contributed by atoms with Gasteiger partial charge in [0.15, 0.2) is 0 Å². The number of hydrogen-bond donors (Lipinski definition) is 0. The summed E-state index contributed by atoms with van der Waals surface area (Å²) in [7, 11) is 0. The molecule has 0 atom stereocenters. The molecule has 1 aromatic heterocycles. The summed E-state index contributed by atoms with van der Waals surface area (Å²) in [6.07, 6.45) is 5.87. The summed E-state index contributed by atoms with van der Waals surface area (Å²) in [6, 6.07) is 12.7. The van der Waals surface area contributed by atoms with Gasteiger partial charge in [-0.1, -0.05) is 24.3 Å². The molecule has 3 nitrogen and oxygen atoms in total. The zero-order valence-electron chi connectivity index (χ0n) is 12.2. The fourth-order valence-electron chi connectivity index (χ4n) is 4.04. The first-order valence-corrected chi connectivity index (χ1v) is 7.83. The Morgan fingerprint density at radius 3 is 2.62 bits per heavy atom. The number of nitrogens with zero attached hydrogens (tertiary/aromatic N) is 2. The van der Waals surface area contributed by atoms with Gasteiger partial charge < -0.3 is 4.90 Å². The Morgan fingerprint density at radius 2 is 1.86 bits per heavy atom. The van der Waals surface area contributed by atoms with Crippen LogP contribution in [0.2, 0.25) is 0 Å². The third-order valence-electron chi connectivity index (χ3n) is 5.31. The van der Waals surface area contributed by atoms with E-state index in [4.69, 9.17) is 4.98 Å². The van der Waals surface area contributed by atoms with Crippen molar-refractivity contribution < 1.29 is 4.79 Å². The minimum atomic E-state index is 0.425. The quantitative estimate of drug-likeness (QED) is 0.790. The van der Waals surface area contributed by atoms with Crippen molar-refractivity contribution in [1.29, 1.82) is 0 Å². The zero-order chi connectivity index (χ0) is 14.3. The van der Waals surface area contributed by atoms with Crippen molar-refractivity contribution >= 4 is 17.3 Å². The highest BCUT2D eigenvalue weighted by atomic mass is 16.1. The standard InChI is InChI=1S/C18H20N2O/c21-13-20-11-18(12-20)9-7-15(8-10-18)17-6-5-14-3-1-2-4-16(14)19-17/h1-6,13,15H,7-12H2. The Morgan fingerprint density at radius 1 is 1.10 bits per heavy atom. The van der Waals surface area contributed by atoms with Gasteiger partial charge in [0.25, 0.3) is 0 Å². The molecule has 0 bridgehead atoms. The molecule has 0 radical (unpaired) electrons. The molecule has 1 amide bonds. The number of carbonyl (C=O) groups is 1. The molecular weight excluding hydrogens is 260 g/mol. The fourth-order valence-corrected chi connectivity index (χ4v) is 4.04. The van der Waals surface area contributed by atoms with Gasteiger partial charge in [0, 0.05) is 35.5 Å². The number of benzene rings is 1. The van der Waals surface area contributed by atoms with Crippen molar-refractivity contribution in [3.05, 3.63) is 42.1 Å². The molecule has 1 saturated heterocycles. The summed E-state index contributed by atoms with van der Waals surface area (Å²) < 4.78 is 0. The molecule has 2 fully saturated rings. The number of para-hydroxylation sites is 1. The molecule has 2 aliphatic rings. The van der Waals surface area contributed by atoms with E-state index in [1.165, 1.54) is 36.8 Å². The number of pyridine rings is 1. The van der Waals surface area contributed by atoms with Gasteiger partial charge in [-0.25, -0.2) is 0 Å². The van der Waals surface area contributed by atoms with E-state index in [2.05, 4.69) is 36.4 Å². The number of fused-ring (bicyclic) bond motifs is 1. The molecule has 2 aromatic rings. The third-order valence-corrected chi connectivity index (χ3v) is 5.31. The van der Waals surface area contributed by atoms with E-state index in [1.54, 1.807) is 0 Å². The van der Waals surface area contributed by atoms with Gasteiger partial charge in [0.2, 0.25) is 6.41 Å². The summed E-state index contributed by atoms with van der Waals surface area (Å²) in [6.45, 7) is 1.93. The number of aromatic nitrogens is 1. The molecule has 2 heterocycles. The third kappa shape index (κ3) is 2.21. The van der Waals surface area contributed by atoms with Crippen molar-refractivity contribution in [3.8, 4) is 0 Å². The Bertz CT molecular complexity index is 666. The van der Waals surface area contributed by atoms with Gasteiger partial charge >= 0.3 is 0 Å². The van der Waals surface area contributed by atoms with Crippen LogP contribution in [0.15, 0.2) is 36.4 Å². The van der Waals surface area contributed by atoms with E-state index in [0.717, 1.165) is 25.0 Å². The lowest BCUT2D eigenvalue weighted by molar-refractivity contribution is -0.131. The summed E-state index contributed by atoms with van der Waals surface area (Å²) >= 11 is 0. The molecule has 1 saturated carbocycles. The first-order valence-electron chi connectivity index (χ1n) is 7.83. The molecular formula is C18H20N2O. The molecule has 0 N–H and O–H groups in total. The average Bonchev–Trinajstić information content (AvgIpc) is 2.52. The predicted octanol–water partition coefficient (Wildman–Crippen LogP) is 3.35. The predicted molar refractivity (Wildman–Crippen MR) is 83.0 cm³/mol. The Balaban J connectivity index is 1.49. The fraction of sp³-hybridized carbons (Fsp3) is 0.444. The maximum atomic E-state index is 10.7. The minimum absolute atomic E-state index is 0.425. The lowest BCUT2D eigenvalue weighted by atomic mass is 9.65. The number of carbonyl (C=O) groups excluding carboxylic acids is 1. The maximum absolute atomic E-state index is 10.7. The second-order valence-corrected chi connectivity index (χ2v) is 6.71. The smallest absolute Gasteiger partial charge is 0.209 e. The normalized spacial score (nSPS) is 21.4. The van der Waals surface area contributed by atoms with Crippen LogP contribution in [0.4, 0.5) is 0 Å². The van der Waals surface area contributed by atoms with Gasteiger partial charge in [-0.3, -0.25) is 9.78 Å². The van der Waals surface area contributed by atoms with Crippen LogP contribution in [-0.4, -0.2) is 29.4 Å². The van der Waals surface area contributed by atoms with Crippen molar-refractivity contribution in [2.75, 3.05) is 13.1 Å². The SMILES string of the molecule is O=CN1CC2(CCC(c3ccc4ccccc4n3)CC2)C1. The van der Waals surface area contributed by atoms with Crippen molar-refractivity contribution in [2.24, 2.45) is 5.41 Å². The first-order chi connectivity index (χ1) is 10.3. The lowest BCUT2D eigenvalue weighted by Gasteiger charge is -2.52. The van der Waals surface area contributed by atoms with Gasteiger partial charge in [0.05, 0.1) is 5.52 Å². The zero-order valence-corrected chi connectivity index (χ0v) is 12.2. The average molecular weight is 280 g/mol. The minimum Gasteiger partial charge on any atom is -0.344 e. The first kappa shape index (κ1) is 12.8. The van der Waals surface area contributed by atoms with E-state index in [9.17, 15) is 4.79 Å². The van der Waals surface area contributed by atoms with Crippen LogP contribution in [0, 0.1) is 5.41 Å². The number of rotatable bonds is 2. The van der Waals surface area contributed by atoms with Crippen molar-refractivity contribution in [2.45, 2.75) is 31.6 Å². The molecule has 1 aliphatic carbocycles. The van der Waals surface area contributed by atoms with Crippen LogP contribution in [0.3, 0.4) is 0 Å². The van der Waals surface area contributed by atoms with Gasteiger partial charge in [0.1, 0.15) is 0 Å². The monoisotopic (exact) mass is 280 g/mol. The highest BCUT2D eigenvalue weighted by Gasteiger charge is 2.44. The molecule has 21 heavy (non-hydrogen) atoms. The van der Waals surface area contributed by atoms with E-state index in [1.807, 2.05) is 4.90 Å². The summed E-state index contributed by atoms with van der Waals surface area (Å²) in [5.74, 6) is 0.588. The Labute approximate surface area is 125 Å². The molecule has 4 rings (SSSR count). The highest BCUT2D eigenvalue weighted by molar-refractivity contribution is 5.78. The molecule has 1 spiro atoms. The number of hydrogen-bond acceptors (Lipinski definition) is 2. The topological polar surface area (TPSA) is 33.2 Å². The number of likely N-dealkylation sites (tertiary alicyclic amines) is 1. The largest absolute Gasteiger partial charge is 0.344 e. The molecule has 108 valence electrons. The molecule has 0 unspecified atom stereocenters. The van der Waals surface area contributed by atoms with Crippen LogP contribution in [0.1, 0.15) is 37.3 Å². The summed E-state index contributed by atoms with van der Waals surface area (Å²) in [4.78, 5) is 17.5. The maximum Gasteiger partial charge on any atom is 0.209 e. The van der Waals surface area contributed by atoms with Crippen LogP contribution in [0.5, 0.6) is 0 Å². The molecule has 1 aliphatic heterocycles. The Kier molecular flexibility index (Phi) is 2.95. The lowest BCUT2D eigenvalue weighted by Crippen LogP contribution is -2.56. The summed E-state index contributed by atoms with van der Waals surface area (Å²) in [5.41, 5.74) is 2.77. The van der Waals surface area contributed by atoms with E-state index in [0.29, 0.717) is 11.3 Å². The molecule has 1 aromatic carbocycles. The van der Waals surface area contributed by atoms with Gasteiger partial charge in [-0.2, -0.15) is 0 Å². The summed E-state index contributed by atoms with van der Waals surface area (Å²) in [5, 5.41) is 1.22. The highest BCUT2D eigenvalue weighted by Crippen LogP contribution is 2.47. The van der Waals surface area contributed by atoms with Gasteiger partial charge in [-0.15, -0.1) is 0 Å². The molecule has 3 heteroatoms. The van der Waals surface area contributed by atoms with E-state index < -0.39 is 0 Å². The second-order valence-electron chi connectivity index (χ2n) is 6.71. The van der Waals surface area contributed by atoms with Crippen LogP contribution in [-0.2, 0) is 4.79 Å². The number of amides is 1. The van der Waals surface area contributed by atoms with Crippen LogP contribution < -0.4 is 0 Å². The van der Waals surface area contributed by atoms with Gasteiger partial charge in [-0.05, 0) is 37.8 Å². The van der Waals surface area contributed by atoms with Crippen molar-refractivity contribution in [1.82, 2.24) is 9.88 Å².